The Bertz CT molecular complexity index is 751. The second-order valence-electron chi connectivity index (χ2n) is 4.13. The van der Waals surface area contributed by atoms with Gasteiger partial charge in [0.05, 0.1) is 11.0 Å². The fraction of sp³-hybridized carbons (Fsp3) is 0.273. The average Bonchev–Trinajstić information content (AvgIpc) is 2.93. The molecule has 0 saturated heterocycles. The van der Waals surface area contributed by atoms with E-state index < -0.39 is 18.0 Å². The van der Waals surface area contributed by atoms with Crippen LogP contribution in [0.2, 0.25) is 0 Å². The predicted molar refractivity (Wildman–Crippen MR) is 67.6 cm³/mol. The molecule has 2 heterocycles. The number of nitrogens with one attached hydrogen (secondary N) is 1. The van der Waals surface area contributed by atoms with Crippen molar-refractivity contribution in [2.75, 3.05) is 5.75 Å². The van der Waals surface area contributed by atoms with Crippen molar-refractivity contribution < 1.29 is 18.3 Å². The first-order valence-corrected chi connectivity index (χ1v) is 6.64. The third kappa shape index (κ3) is 2.22. The van der Waals surface area contributed by atoms with Gasteiger partial charge in [0.25, 0.3) is 0 Å². The number of alkyl halides is 3. The first-order valence-electron chi connectivity index (χ1n) is 5.66. The normalized spacial score (nSPS) is 14.2. The molecule has 1 atom stereocenters. The molecule has 0 unspecified atom stereocenters. The molecule has 106 valence electrons. The van der Waals surface area contributed by atoms with E-state index in [1.54, 1.807) is 16.5 Å². The van der Waals surface area contributed by atoms with Gasteiger partial charge in [0, 0.05) is 5.75 Å². The molecule has 3 aromatic rings. The number of hydrogen-bond acceptors (Lipinski definition) is 4. The number of imidazole rings is 1. The summed E-state index contributed by atoms with van der Waals surface area (Å²) in [6.45, 7) is 0. The Kier molecular flexibility index (Phi) is 3.09. The molecule has 9 heteroatoms. The van der Waals surface area contributed by atoms with Gasteiger partial charge in [0.2, 0.25) is 5.78 Å². The molecular formula is C11H9F3N4OS. The molecule has 2 aromatic heterocycles. The van der Waals surface area contributed by atoms with E-state index in [9.17, 15) is 13.2 Å². The second-order valence-corrected chi connectivity index (χ2v) is 5.12. The molecule has 0 saturated carbocycles. The van der Waals surface area contributed by atoms with Crippen molar-refractivity contribution in [2.24, 2.45) is 0 Å². The quantitative estimate of drug-likeness (QED) is 0.728. The van der Waals surface area contributed by atoms with Crippen molar-refractivity contribution >= 4 is 28.6 Å². The fourth-order valence-electron chi connectivity index (χ4n) is 1.79. The number of aromatic nitrogens is 4. The third-order valence-corrected chi connectivity index (χ3v) is 3.77. The van der Waals surface area contributed by atoms with Gasteiger partial charge >= 0.3 is 6.18 Å². The van der Waals surface area contributed by atoms with Gasteiger partial charge in [-0.15, -0.1) is 5.10 Å². The number of rotatable bonds is 3. The number of hydrogen-bond donors (Lipinski definition) is 2. The van der Waals surface area contributed by atoms with Gasteiger partial charge in [-0.2, -0.15) is 13.2 Å². The number of H-pyrrole nitrogens is 1. The van der Waals surface area contributed by atoms with Crippen molar-refractivity contribution in [2.45, 2.75) is 17.4 Å². The Morgan fingerprint density at radius 3 is 2.85 bits per heavy atom. The minimum Gasteiger partial charge on any atom is -0.383 e. The van der Waals surface area contributed by atoms with Crippen LogP contribution >= 0.6 is 11.8 Å². The maximum Gasteiger partial charge on any atom is 0.415 e. The standard InChI is InChI=1S/C11H9F3N4OS/c12-11(13,14)8(19)5-20-10-17-16-9-15-6-3-1-2-4-7(6)18(9)10/h1-4,8,19H,5H2,(H,15,16)/t8-/m0/s1. The van der Waals surface area contributed by atoms with E-state index in [2.05, 4.69) is 15.2 Å². The number of nitrogens with zero attached hydrogens (tertiary/aromatic N) is 3. The number of aliphatic hydroxyl groups excluding tert-OH is 1. The molecule has 1 aromatic carbocycles. The molecule has 0 bridgehead atoms. The van der Waals surface area contributed by atoms with E-state index in [0.717, 1.165) is 22.8 Å². The third-order valence-electron chi connectivity index (χ3n) is 2.75. The van der Waals surface area contributed by atoms with Crippen molar-refractivity contribution in [3.05, 3.63) is 24.3 Å². The van der Waals surface area contributed by atoms with Crippen LogP contribution in [0.4, 0.5) is 13.2 Å². The maximum atomic E-state index is 12.3. The summed E-state index contributed by atoms with van der Waals surface area (Å²) < 4.78 is 38.5. The average molecular weight is 302 g/mol. The summed E-state index contributed by atoms with van der Waals surface area (Å²) in [5.74, 6) is -0.0640. The lowest BCUT2D eigenvalue weighted by Crippen LogP contribution is -2.30. The van der Waals surface area contributed by atoms with Crippen molar-refractivity contribution in [3.63, 3.8) is 0 Å². The van der Waals surface area contributed by atoms with E-state index in [0.29, 0.717) is 10.9 Å². The van der Waals surface area contributed by atoms with E-state index in [1.165, 1.54) is 0 Å². The molecule has 0 spiro atoms. The largest absolute Gasteiger partial charge is 0.415 e. The molecule has 2 N–H and O–H groups in total. The summed E-state index contributed by atoms with van der Waals surface area (Å²) in [4.78, 5) is 4.26. The Hall–Kier alpha value is -1.74. The Morgan fingerprint density at radius 1 is 1.35 bits per heavy atom. The summed E-state index contributed by atoms with van der Waals surface area (Å²) in [5, 5.41) is 15.9. The smallest absolute Gasteiger partial charge is 0.383 e. The zero-order valence-electron chi connectivity index (χ0n) is 9.92. The first kappa shape index (κ1) is 13.3. The Morgan fingerprint density at radius 2 is 2.10 bits per heavy atom. The SMILES string of the molecule is O[C@@H](CSc1n[nH]c2nc3ccccc3n12)C(F)(F)F. The van der Waals surface area contributed by atoms with E-state index in [4.69, 9.17) is 5.11 Å². The molecule has 0 aliphatic carbocycles. The number of thioether (sulfide) groups is 1. The lowest BCUT2D eigenvalue weighted by Gasteiger charge is -2.12. The number of benzene rings is 1. The van der Waals surface area contributed by atoms with Crippen LogP contribution in [0.25, 0.3) is 16.8 Å². The van der Waals surface area contributed by atoms with Crippen LogP contribution in [-0.4, -0.2) is 42.7 Å². The molecule has 0 fully saturated rings. The van der Waals surface area contributed by atoms with E-state index in [-0.39, 0.29) is 0 Å². The minimum atomic E-state index is -4.63. The van der Waals surface area contributed by atoms with Crippen LogP contribution in [0.1, 0.15) is 0 Å². The zero-order chi connectivity index (χ0) is 14.3. The number of aromatic amines is 1. The Labute approximate surface area is 114 Å². The first-order chi connectivity index (χ1) is 9.47. The van der Waals surface area contributed by atoms with Crippen molar-refractivity contribution in [1.82, 2.24) is 19.6 Å². The van der Waals surface area contributed by atoms with Crippen LogP contribution in [0.3, 0.4) is 0 Å². The highest BCUT2D eigenvalue weighted by molar-refractivity contribution is 7.99. The molecule has 0 aliphatic heterocycles. The molecule has 3 rings (SSSR count). The molecule has 0 radical (unpaired) electrons. The van der Waals surface area contributed by atoms with Crippen molar-refractivity contribution in [3.8, 4) is 0 Å². The lowest BCUT2D eigenvalue weighted by atomic mass is 10.3. The zero-order valence-corrected chi connectivity index (χ0v) is 10.7. The van der Waals surface area contributed by atoms with Gasteiger partial charge in [-0.05, 0) is 12.1 Å². The van der Waals surface area contributed by atoms with Gasteiger partial charge in [-0.3, -0.25) is 4.40 Å². The summed E-state index contributed by atoms with van der Waals surface area (Å²) in [5.41, 5.74) is 1.47. The minimum absolute atomic E-state index is 0.331. The lowest BCUT2D eigenvalue weighted by molar-refractivity contribution is -0.195. The highest BCUT2D eigenvalue weighted by Gasteiger charge is 2.38. The molecule has 5 nitrogen and oxygen atoms in total. The molecular weight excluding hydrogens is 293 g/mol. The molecule has 0 amide bonds. The van der Waals surface area contributed by atoms with Crippen molar-refractivity contribution in [1.29, 1.82) is 0 Å². The predicted octanol–water partition coefficient (Wildman–Crippen LogP) is 2.23. The highest BCUT2D eigenvalue weighted by atomic mass is 32.2. The van der Waals surface area contributed by atoms with Gasteiger partial charge in [-0.25, -0.2) is 10.1 Å². The highest BCUT2D eigenvalue weighted by Crippen LogP contribution is 2.27. The number of fused-ring (bicyclic) bond motifs is 3. The molecule has 20 heavy (non-hydrogen) atoms. The van der Waals surface area contributed by atoms with Crippen LogP contribution in [0.5, 0.6) is 0 Å². The van der Waals surface area contributed by atoms with Gasteiger partial charge in [0.15, 0.2) is 11.3 Å². The summed E-state index contributed by atoms with van der Waals surface area (Å²) in [7, 11) is 0. The summed E-state index contributed by atoms with van der Waals surface area (Å²) in [6.07, 6.45) is -7.01. The van der Waals surface area contributed by atoms with Crippen LogP contribution in [0, 0.1) is 0 Å². The number of halogens is 3. The van der Waals surface area contributed by atoms with Gasteiger partial charge < -0.3 is 5.11 Å². The molecule has 0 aliphatic rings. The topological polar surface area (TPSA) is 66.2 Å². The van der Waals surface area contributed by atoms with Crippen LogP contribution in [0.15, 0.2) is 29.4 Å². The van der Waals surface area contributed by atoms with E-state index in [1.807, 2.05) is 12.1 Å². The van der Waals surface area contributed by atoms with Gasteiger partial charge in [0.1, 0.15) is 0 Å². The number of para-hydroxylation sites is 2. The fourth-order valence-corrected chi connectivity index (χ4v) is 2.71. The van der Waals surface area contributed by atoms with E-state index >= 15 is 0 Å². The monoisotopic (exact) mass is 302 g/mol. The van der Waals surface area contributed by atoms with Crippen LogP contribution in [-0.2, 0) is 0 Å². The van der Waals surface area contributed by atoms with Gasteiger partial charge in [-0.1, -0.05) is 23.9 Å². The maximum absolute atomic E-state index is 12.3. The Balaban J connectivity index is 1.92. The summed E-state index contributed by atoms with van der Waals surface area (Å²) in [6, 6.07) is 7.23. The van der Waals surface area contributed by atoms with Crippen LogP contribution < -0.4 is 0 Å². The summed E-state index contributed by atoms with van der Waals surface area (Å²) >= 11 is 0.822. The second kappa shape index (κ2) is 4.67. The number of aliphatic hydroxyl groups is 1.